The number of hydrogen-bond donors (Lipinski definition) is 1. The van der Waals surface area contributed by atoms with Crippen molar-refractivity contribution in [3.63, 3.8) is 0 Å². The largest absolute Gasteiger partial charge is 0.229 e. The van der Waals surface area contributed by atoms with Crippen LogP contribution in [0.3, 0.4) is 0 Å². The molecule has 0 aromatic heterocycles. The molecule has 0 rings (SSSR count). The van der Waals surface area contributed by atoms with Crippen LogP contribution in [0, 0.1) is 0 Å². The van der Waals surface area contributed by atoms with Gasteiger partial charge in [0.25, 0.3) is 0 Å². The van der Waals surface area contributed by atoms with E-state index in [9.17, 15) is 0 Å². The molecule has 0 aliphatic carbocycles. The molecule has 0 aliphatic rings. The van der Waals surface area contributed by atoms with Gasteiger partial charge in [0.2, 0.25) is 0 Å². The van der Waals surface area contributed by atoms with Crippen LogP contribution in [0.2, 0.25) is 0 Å². The third-order valence-electron chi connectivity index (χ3n) is 0.105. The van der Waals surface area contributed by atoms with Crippen molar-refractivity contribution < 1.29 is 13.5 Å². The van der Waals surface area contributed by atoms with Crippen molar-refractivity contribution in [1.82, 2.24) is 0 Å². The second-order valence-corrected chi connectivity index (χ2v) is 1.39. The van der Waals surface area contributed by atoms with Gasteiger partial charge in [-0.1, -0.05) is 0 Å². The Kier molecular flexibility index (Phi) is 2.13. The van der Waals surface area contributed by atoms with E-state index in [1.807, 2.05) is 0 Å². The fourth-order valence-corrected chi connectivity index (χ4v) is 0. The molecule has 0 amide bonds. The van der Waals surface area contributed by atoms with Crippen molar-refractivity contribution >= 4 is 10.7 Å². The maximum Gasteiger partial charge on any atom is 0.181 e. The standard InChI is InChI=1S/CH3O3S/c2-1-5(3)4/h5H,1H2. The van der Waals surface area contributed by atoms with E-state index in [0.29, 0.717) is 0 Å². The van der Waals surface area contributed by atoms with Gasteiger partial charge in [0, 0.05) is 0 Å². The smallest absolute Gasteiger partial charge is 0.181 e. The van der Waals surface area contributed by atoms with Gasteiger partial charge in [-0.3, -0.25) is 0 Å². The number of thiol groups is 1. The van der Waals surface area contributed by atoms with E-state index in [1.165, 1.54) is 0 Å². The third kappa shape index (κ3) is 3.91. The molecule has 0 bridgehead atoms. The van der Waals surface area contributed by atoms with Gasteiger partial charge >= 0.3 is 0 Å². The first-order valence-corrected chi connectivity index (χ1v) is 2.33. The van der Waals surface area contributed by atoms with E-state index in [2.05, 4.69) is 0 Å². The minimum absolute atomic E-state index is 0.991. The maximum atomic E-state index is 9.09. The molecule has 0 saturated carbocycles. The third-order valence-corrected chi connectivity index (χ3v) is 0.316. The summed E-state index contributed by atoms with van der Waals surface area (Å²) in [6, 6.07) is 0. The van der Waals surface area contributed by atoms with Gasteiger partial charge in [-0.15, -0.1) is 0 Å². The lowest BCUT2D eigenvalue weighted by Crippen LogP contribution is -1.76. The topological polar surface area (TPSA) is 54.0 Å². The zero-order valence-corrected chi connectivity index (χ0v) is 3.27. The SMILES string of the molecule is [O]C[SH](=O)=O. The minimum atomic E-state index is -2.65. The first kappa shape index (κ1) is 4.91. The first-order chi connectivity index (χ1) is 2.27. The number of rotatable bonds is 1. The lowest BCUT2D eigenvalue weighted by molar-refractivity contribution is 0.253. The Balaban J connectivity index is 3.23. The van der Waals surface area contributed by atoms with Gasteiger partial charge in [0.05, 0.1) is 0 Å². The Morgan fingerprint density at radius 1 is 1.40 bits per heavy atom. The molecule has 0 heterocycles. The van der Waals surface area contributed by atoms with Crippen molar-refractivity contribution in [1.29, 1.82) is 0 Å². The molecule has 3 nitrogen and oxygen atoms in total. The molecule has 0 saturated heterocycles. The van der Waals surface area contributed by atoms with Crippen LogP contribution in [0.4, 0.5) is 0 Å². The average molecular weight is 95.1 g/mol. The average Bonchev–Trinajstić information content (AvgIpc) is 1.38. The van der Waals surface area contributed by atoms with Crippen LogP contribution >= 0.6 is 0 Å². The molecule has 4 heteroatoms. The van der Waals surface area contributed by atoms with E-state index in [-0.39, 0.29) is 0 Å². The van der Waals surface area contributed by atoms with Crippen LogP contribution in [0.15, 0.2) is 0 Å². The predicted molar refractivity (Wildman–Crippen MR) is 15.9 cm³/mol. The van der Waals surface area contributed by atoms with Crippen LogP contribution in [-0.4, -0.2) is 14.4 Å². The highest BCUT2D eigenvalue weighted by molar-refractivity contribution is 7.72. The molecule has 0 spiro atoms. The lowest BCUT2D eigenvalue weighted by Gasteiger charge is -1.57. The van der Waals surface area contributed by atoms with Crippen LogP contribution in [0.25, 0.3) is 0 Å². The molecule has 0 fully saturated rings. The predicted octanol–water partition coefficient (Wildman–Crippen LogP) is -1.01. The first-order valence-electron chi connectivity index (χ1n) is 0.970. The summed E-state index contributed by atoms with van der Waals surface area (Å²) in [5.74, 6) is -0.991. The molecule has 0 unspecified atom stereocenters. The monoisotopic (exact) mass is 95.0 g/mol. The van der Waals surface area contributed by atoms with E-state index >= 15 is 0 Å². The van der Waals surface area contributed by atoms with E-state index in [4.69, 9.17) is 13.5 Å². The quantitative estimate of drug-likeness (QED) is 0.424. The van der Waals surface area contributed by atoms with Gasteiger partial charge in [-0.2, -0.15) is 0 Å². The molecular formula is CH3O3S. The summed E-state index contributed by atoms with van der Waals surface area (Å²) in [7, 11) is -2.65. The summed E-state index contributed by atoms with van der Waals surface area (Å²) < 4.78 is 18.2. The molecule has 0 aromatic carbocycles. The Bertz CT molecular complexity index is 65.0. The van der Waals surface area contributed by atoms with Gasteiger partial charge in [-0.25, -0.2) is 13.5 Å². The summed E-state index contributed by atoms with van der Waals surface area (Å²) in [6.07, 6.45) is 0. The maximum absolute atomic E-state index is 9.09. The molecule has 31 valence electrons. The van der Waals surface area contributed by atoms with Crippen LogP contribution in [0.5, 0.6) is 0 Å². The second-order valence-electron chi connectivity index (χ2n) is 0.462. The fraction of sp³-hybridized carbons (Fsp3) is 1.00. The lowest BCUT2D eigenvalue weighted by atomic mass is 11.7. The molecule has 0 aromatic rings. The summed E-state index contributed by atoms with van der Waals surface area (Å²) in [4.78, 5) is 0. The summed E-state index contributed by atoms with van der Waals surface area (Å²) in [5.41, 5.74) is 0. The van der Waals surface area contributed by atoms with Crippen molar-refractivity contribution in [2.45, 2.75) is 0 Å². The summed E-state index contributed by atoms with van der Waals surface area (Å²) in [6.45, 7) is 0. The van der Waals surface area contributed by atoms with E-state index in [1.54, 1.807) is 0 Å². The Labute approximate surface area is 31.2 Å². The minimum Gasteiger partial charge on any atom is -0.229 e. The van der Waals surface area contributed by atoms with Crippen LogP contribution in [0.1, 0.15) is 0 Å². The summed E-state index contributed by atoms with van der Waals surface area (Å²) >= 11 is 0. The van der Waals surface area contributed by atoms with Crippen molar-refractivity contribution in [2.24, 2.45) is 0 Å². The molecule has 5 heavy (non-hydrogen) atoms. The second kappa shape index (κ2) is 2.17. The Hall–Kier alpha value is -0.0900. The zero-order chi connectivity index (χ0) is 4.28. The van der Waals surface area contributed by atoms with Crippen LogP contribution < -0.4 is 0 Å². The number of hydrogen-bond acceptors (Lipinski definition) is 2. The van der Waals surface area contributed by atoms with E-state index < -0.39 is 16.6 Å². The Morgan fingerprint density at radius 2 is 1.60 bits per heavy atom. The highest BCUT2D eigenvalue weighted by Crippen LogP contribution is 1.49. The van der Waals surface area contributed by atoms with Gasteiger partial charge < -0.3 is 0 Å². The molecule has 0 N–H and O–H groups in total. The van der Waals surface area contributed by atoms with Gasteiger partial charge in [-0.05, 0) is 0 Å². The molecule has 0 atom stereocenters. The Morgan fingerprint density at radius 3 is 1.60 bits per heavy atom. The molecular weight excluding hydrogens is 92.1 g/mol. The van der Waals surface area contributed by atoms with Gasteiger partial charge in [0.15, 0.2) is 16.6 Å². The van der Waals surface area contributed by atoms with Crippen molar-refractivity contribution in [3.05, 3.63) is 0 Å². The van der Waals surface area contributed by atoms with Crippen LogP contribution in [-0.2, 0) is 15.8 Å². The zero-order valence-electron chi connectivity index (χ0n) is 2.38. The molecule has 1 radical (unpaired) electrons. The highest BCUT2D eigenvalue weighted by Gasteiger charge is 1.70. The highest BCUT2D eigenvalue weighted by atomic mass is 32.2. The molecule has 0 aliphatic heterocycles. The van der Waals surface area contributed by atoms with Crippen molar-refractivity contribution in [3.8, 4) is 0 Å². The summed E-state index contributed by atoms with van der Waals surface area (Å²) in [5, 5.41) is 9.03. The van der Waals surface area contributed by atoms with E-state index in [0.717, 1.165) is 0 Å². The normalized spacial score (nSPS) is 9.20. The van der Waals surface area contributed by atoms with Gasteiger partial charge in [0.1, 0.15) is 0 Å². The fourth-order valence-electron chi connectivity index (χ4n) is 0. The van der Waals surface area contributed by atoms with Crippen molar-refractivity contribution in [2.75, 3.05) is 5.94 Å².